The van der Waals surface area contributed by atoms with Crippen molar-refractivity contribution in [2.24, 2.45) is 5.41 Å². The van der Waals surface area contributed by atoms with Gasteiger partial charge in [-0.2, -0.15) is 9.47 Å². The Hall–Kier alpha value is -4.16. The second-order valence-corrected chi connectivity index (χ2v) is 12.5. The second-order valence-electron chi connectivity index (χ2n) is 11.7. The average Bonchev–Trinajstić information content (AvgIpc) is 2.94. The van der Waals surface area contributed by atoms with E-state index in [-0.39, 0.29) is 23.6 Å². The molecule has 1 aromatic heterocycles. The maximum Gasteiger partial charge on any atom is 0.338 e. The Morgan fingerprint density at radius 3 is 2.52 bits per heavy atom. The lowest BCUT2D eigenvalue weighted by molar-refractivity contribution is -0.161. The number of ether oxygens (including phenoxy) is 1. The van der Waals surface area contributed by atoms with Crippen molar-refractivity contribution >= 4 is 22.9 Å². The zero-order chi connectivity index (χ0) is 30.3. The first-order valence-corrected chi connectivity index (χ1v) is 15.1. The Balaban J connectivity index is 1.58. The summed E-state index contributed by atoms with van der Waals surface area (Å²) in [5.74, 6) is -0.830. The molecule has 0 amide bonds. The number of pyridine rings is 1. The Morgan fingerprint density at radius 2 is 1.90 bits per heavy atom. The normalized spacial score (nSPS) is 18.5. The average molecular weight is 588 g/mol. The van der Waals surface area contributed by atoms with Crippen molar-refractivity contribution in [2.75, 3.05) is 4.72 Å². The van der Waals surface area contributed by atoms with Crippen molar-refractivity contribution in [1.82, 2.24) is 4.98 Å². The van der Waals surface area contributed by atoms with Gasteiger partial charge in [-0.05, 0) is 54.0 Å². The quantitative estimate of drug-likeness (QED) is 0.230. The maximum atomic E-state index is 13.7. The molecule has 1 unspecified atom stereocenters. The molecule has 0 radical (unpaired) electrons. The van der Waals surface area contributed by atoms with Crippen molar-refractivity contribution < 1.29 is 23.0 Å². The lowest BCUT2D eigenvalue weighted by Gasteiger charge is -2.41. The molecule has 3 atom stereocenters. The predicted octanol–water partition coefficient (Wildman–Crippen LogP) is 7.08. The Morgan fingerprint density at radius 1 is 1.14 bits per heavy atom. The number of aliphatic hydroxyl groups excluding tert-OH is 1. The minimum absolute atomic E-state index is 0.0600. The highest BCUT2D eigenvalue weighted by Gasteiger charge is 2.46. The number of aliphatic hydroxyl groups is 1. The number of esters is 1. The van der Waals surface area contributed by atoms with Crippen molar-refractivity contribution in [3.05, 3.63) is 101 Å². The van der Waals surface area contributed by atoms with Crippen LogP contribution in [0, 0.1) is 16.7 Å². The van der Waals surface area contributed by atoms with E-state index in [1.807, 2.05) is 51.1 Å². The molecule has 2 aromatic carbocycles. The summed E-state index contributed by atoms with van der Waals surface area (Å²) in [6, 6.07) is 22.2. The number of carbonyl (C=O) groups excluding carboxylic acids is 1. The van der Waals surface area contributed by atoms with E-state index < -0.39 is 34.2 Å². The fraction of sp³-hybridized carbons (Fsp3) is 0.364. The van der Waals surface area contributed by atoms with Gasteiger partial charge in [0.25, 0.3) is 0 Å². The van der Waals surface area contributed by atoms with Crippen LogP contribution < -0.4 is 8.91 Å². The van der Waals surface area contributed by atoms with Gasteiger partial charge in [0, 0.05) is 30.3 Å². The molecular formula is C33H37N3O5S. The number of nitrogens with one attached hydrogen (secondary N) is 1. The fourth-order valence-corrected chi connectivity index (χ4v) is 6.15. The van der Waals surface area contributed by atoms with E-state index in [9.17, 15) is 14.1 Å². The number of nitrogens with zero attached hydrogens (tertiary/aromatic N) is 2. The monoisotopic (exact) mass is 587 g/mol. The van der Waals surface area contributed by atoms with Crippen molar-refractivity contribution in [1.29, 1.82) is 5.26 Å². The van der Waals surface area contributed by atoms with E-state index in [1.54, 1.807) is 18.2 Å². The van der Waals surface area contributed by atoms with Crippen LogP contribution in [-0.4, -0.2) is 25.9 Å². The lowest BCUT2D eigenvalue weighted by Crippen LogP contribution is -2.43. The van der Waals surface area contributed by atoms with Crippen LogP contribution in [0.15, 0.2) is 84.3 Å². The highest BCUT2D eigenvalue weighted by atomic mass is 32.2. The number of benzene rings is 2. The highest BCUT2D eigenvalue weighted by Crippen LogP contribution is 2.47. The third-order valence-corrected chi connectivity index (χ3v) is 8.07. The minimum Gasteiger partial charge on any atom is -0.512 e. The molecule has 42 heavy (non-hydrogen) atoms. The van der Waals surface area contributed by atoms with Crippen molar-refractivity contribution in [2.45, 2.75) is 71.3 Å². The summed E-state index contributed by atoms with van der Waals surface area (Å²) in [4.78, 5) is 17.7. The molecule has 9 heteroatoms. The molecule has 0 saturated heterocycles. The number of aryl methyl sites for hydroxylation is 1. The van der Waals surface area contributed by atoms with Gasteiger partial charge in [0.15, 0.2) is 0 Å². The Kier molecular flexibility index (Phi) is 9.69. The van der Waals surface area contributed by atoms with Crippen LogP contribution in [0.1, 0.15) is 76.0 Å². The van der Waals surface area contributed by atoms with E-state index in [4.69, 9.17) is 14.2 Å². The summed E-state index contributed by atoms with van der Waals surface area (Å²) in [7, 11) is 0. The smallest absolute Gasteiger partial charge is 0.338 e. The highest BCUT2D eigenvalue weighted by molar-refractivity contribution is 7.81. The van der Waals surface area contributed by atoms with Gasteiger partial charge in [-0.3, -0.25) is 4.72 Å². The largest absolute Gasteiger partial charge is 0.512 e. The molecule has 0 saturated carbocycles. The molecule has 0 aliphatic carbocycles. The topological polar surface area (TPSA) is 122 Å². The molecule has 4 rings (SSSR count). The van der Waals surface area contributed by atoms with Crippen LogP contribution in [0.3, 0.4) is 0 Å². The molecule has 220 valence electrons. The minimum atomic E-state index is -1.97. The molecule has 0 spiro atoms. The van der Waals surface area contributed by atoms with Gasteiger partial charge in [0.05, 0.1) is 11.1 Å². The number of carbonyl (C=O) groups is 1. The standard InChI is InChI=1S/C33H37N3O5S/c1-5-17-33(18-16-23-10-7-6-8-11-23)20-27(37)29(31(38)40-33)30(32(2,3)4)25-12-9-13-26(19-25)36-42(39)41-28-15-14-24(21-34)22-35-28/h6-15,19,22,30,36-37H,5,16-18,20H2,1-4H3/t30-,33+,42?/m1/s1. The Bertz CT molecular complexity index is 1490. The molecule has 2 N–H and O–H groups in total. The van der Waals surface area contributed by atoms with Gasteiger partial charge < -0.3 is 14.0 Å². The van der Waals surface area contributed by atoms with Crippen LogP contribution in [0.2, 0.25) is 0 Å². The van der Waals surface area contributed by atoms with Crippen LogP contribution in [-0.2, 0) is 27.2 Å². The third kappa shape index (κ3) is 7.56. The number of rotatable bonds is 11. The second kappa shape index (κ2) is 13.2. The molecule has 3 aromatic rings. The fourth-order valence-electron chi connectivity index (χ4n) is 5.54. The van der Waals surface area contributed by atoms with Crippen LogP contribution >= 0.6 is 0 Å². The van der Waals surface area contributed by atoms with Crippen molar-refractivity contribution in [3.8, 4) is 11.9 Å². The number of anilines is 1. The van der Waals surface area contributed by atoms with Gasteiger partial charge in [-0.15, -0.1) is 0 Å². The van der Waals surface area contributed by atoms with Gasteiger partial charge in [-0.1, -0.05) is 76.6 Å². The molecular weight excluding hydrogens is 550 g/mol. The molecule has 2 heterocycles. The Labute approximate surface area is 250 Å². The van der Waals surface area contributed by atoms with Gasteiger partial charge in [0.1, 0.15) is 17.4 Å². The summed E-state index contributed by atoms with van der Waals surface area (Å²) < 4.78 is 27.1. The number of nitriles is 1. The van der Waals surface area contributed by atoms with Gasteiger partial charge >= 0.3 is 17.2 Å². The maximum absolute atomic E-state index is 13.7. The van der Waals surface area contributed by atoms with E-state index in [0.29, 0.717) is 24.1 Å². The van der Waals surface area contributed by atoms with Crippen LogP contribution in [0.5, 0.6) is 5.88 Å². The summed E-state index contributed by atoms with van der Waals surface area (Å²) >= 11 is -1.97. The summed E-state index contributed by atoms with van der Waals surface area (Å²) in [5, 5.41) is 20.4. The van der Waals surface area contributed by atoms with E-state index in [2.05, 4.69) is 28.8 Å². The van der Waals surface area contributed by atoms with E-state index >= 15 is 0 Å². The predicted molar refractivity (Wildman–Crippen MR) is 163 cm³/mol. The number of hydrogen-bond acceptors (Lipinski definition) is 7. The third-order valence-electron chi connectivity index (χ3n) is 7.35. The molecule has 8 nitrogen and oxygen atoms in total. The number of aromatic nitrogens is 1. The first kappa shape index (κ1) is 30.8. The van der Waals surface area contributed by atoms with Crippen molar-refractivity contribution in [3.63, 3.8) is 0 Å². The first-order valence-electron chi connectivity index (χ1n) is 14.1. The SMILES string of the molecule is CCC[C@]1(CCc2ccccc2)CC(O)=C([C@@H](c2cccc(NS(=O)Oc3ccc(C#N)cn3)c2)C(C)(C)C)C(=O)O1. The summed E-state index contributed by atoms with van der Waals surface area (Å²) in [6.45, 7) is 8.07. The summed E-state index contributed by atoms with van der Waals surface area (Å²) in [5.41, 5.74) is 1.81. The number of cyclic esters (lactones) is 1. The number of hydrogen-bond donors (Lipinski definition) is 2. The van der Waals surface area contributed by atoms with Crippen LogP contribution in [0.25, 0.3) is 0 Å². The molecule has 1 aliphatic rings. The van der Waals surface area contributed by atoms with E-state index in [1.165, 1.54) is 18.3 Å². The molecule has 0 fully saturated rings. The molecule has 1 aliphatic heterocycles. The van der Waals surface area contributed by atoms with Gasteiger partial charge in [0.2, 0.25) is 5.88 Å². The first-order chi connectivity index (χ1) is 20.0. The van der Waals surface area contributed by atoms with Crippen LogP contribution in [0.4, 0.5) is 5.69 Å². The lowest BCUT2D eigenvalue weighted by atomic mass is 9.70. The van der Waals surface area contributed by atoms with E-state index in [0.717, 1.165) is 24.0 Å². The summed E-state index contributed by atoms with van der Waals surface area (Å²) in [6.07, 6.45) is 4.43. The zero-order valence-electron chi connectivity index (χ0n) is 24.4. The molecule has 0 bridgehead atoms. The van der Waals surface area contributed by atoms with Gasteiger partial charge in [-0.25, -0.2) is 9.78 Å². The zero-order valence-corrected chi connectivity index (χ0v) is 25.2.